The molecule has 0 aliphatic heterocycles. The predicted octanol–water partition coefficient (Wildman–Crippen LogP) is 7.78. The van der Waals surface area contributed by atoms with Crippen LogP contribution in [-0.4, -0.2) is 17.7 Å². The lowest BCUT2D eigenvalue weighted by Crippen LogP contribution is -2.11. The number of hydrogen-bond acceptors (Lipinski definition) is 2. The van der Waals surface area contributed by atoms with Crippen molar-refractivity contribution in [1.82, 2.24) is 0 Å². The number of rotatable bonds is 13. The standard InChI is InChI=1S/C29H34O3/c1-2-3-4-5-6-7-10-15-23-20-26(24-16-11-8-12-17-24)29(32-22-28(30)31)27(21-23)25-18-13-9-14-19-25/h8-9,11-14,16-21H,2-7,10,15,22H2,1H3,(H,30,31). The minimum atomic E-state index is -0.977. The lowest BCUT2D eigenvalue weighted by atomic mass is 9.92. The van der Waals surface area contributed by atoms with Gasteiger partial charge in [0.1, 0.15) is 5.75 Å². The molecule has 3 heteroatoms. The first-order valence-electron chi connectivity index (χ1n) is 11.8. The van der Waals surface area contributed by atoms with Crippen LogP contribution in [0.4, 0.5) is 0 Å². The molecule has 0 unspecified atom stereocenters. The maximum atomic E-state index is 11.3. The van der Waals surface area contributed by atoms with Gasteiger partial charge in [0.25, 0.3) is 0 Å². The van der Waals surface area contributed by atoms with E-state index >= 15 is 0 Å². The summed E-state index contributed by atoms with van der Waals surface area (Å²) >= 11 is 0. The van der Waals surface area contributed by atoms with Crippen molar-refractivity contribution in [1.29, 1.82) is 0 Å². The van der Waals surface area contributed by atoms with Crippen LogP contribution in [0.5, 0.6) is 5.75 Å². The molecule has 1 N–H and O–H groups in total. The molecule has 0 aliphatic rings. The summed E-state index contributed by atoms with van der Waals surface area (Å²) in [7, 11) is 0. The van der Waals surface area contributed by atoms with E-state index in [0.29, 0.717) is 5.75 Å². The fourth-order valence-corrected chi connectivity index (χ4v) is 4.07. The second kappa shape index (κ2) is 12.7. The Morgan fingerprint density at radius 1 is 0.750 bits per heavy atom. The molecule has 0 bridgehead atoms. The molecule has 0 amide bonds. The Hall–Kier alpha value is -3.07. The molecule has 0 fully saturated rings. The Balaban J connectivity index is 1.91. The summed E-state index contributed by atoms with van der Waals surface area (Å²) in [6, 6.07) is 24.5. The van der Waals surface area contributed by atoms with E-state index in [0.717, 1.165) is 35.1 Å². The van der Waals surface area contributed by atoms with Crippen molar-refractivity contribution in [2.45, 2.75) is 58.3 Å². The summed E-state index contributed by atoms with van der Waals surface area (Å²) in [5.74, 6) is -0.344. The zero-order valence-electron chi connectivity index (χ0n) is 19.1. The lowest BCUT2D eigenvalue weighted by molar-refractivity contribution is -0.139. The maximum absolute atomic E-state index is 11.3. The van der Waals surface area contributed by atoms with E-state index in [4.69, 9.17) is 4.74 Å². The van der Waals surface area contributed by atoms with Crippen molar-refractivity contribution < 1.29 is 14.6 Å². The van der Waals surface area contributed by atoms with Crippen LogP contribution in [-0.2, 0) is 11.2 Å². The zero-order valence-corrected chi connectivity index (χ0v) is 19.1. The van der Waals surface area contributed by atoms with E-state index in [-0.39, 0.29) is 6.61 Å². The molecule has 3 aromatic rings. The van der Waals surface area contributed by atoms with Gasteiger partial charge in [-0.05, 0) is 41.7 Å². The van der Waals surface area contributed by atoms with Gasteiger partial charge in [-0.25, -0.2) is 4.79 Å². The SMILES string of the molecule is CCCCCCCCCc1cc(-c2ccccc2)c(OCC(=O)O)c(-c2ccccc2)c1. The monoisotopic (exact) mass is 430 g/mol. The molecular weight excluding hydrogens is 396 g/mol. The van der Waals surface area contributed by atoms with Crippen molar-refractivity contribution in [2.24, 2.45) is 0 Å². The van der Waals surface area contributed by atoms with Crippen LogP contribution in [0.3, 0.4) is 0 Å². The minimum Gasteiger partial charge on any atom is -0.481 e. The molecule has 0 radical (unpaired) electrons. The van der Waals surface area contributed by atoms with E-state index in [1.165, 1.54) is 44.1 Å². The number of carbonyl (C=O) groups is 1. The fraction of sp³-hybridized carbons (Fsp3) is 0.345. The quantitative estimate of drug-likeness (QED) is 0.282. The highest BCUT2D eigenvalue weighted by atomic mass is 16.5. The average Bonchev–Trinajstić information content (AvgIpc) is 2.83. The van der Waals surface area contributed by atoms with E-state index in [1.54, 1.807) is 0 Å². The number of ether oxygens (including phenoxy) is 1. The smallest absolute Gasteiger partial charge is 0.341 e. The van der Waals surface area contributed by atoms with Crippen molar-refractivity contribution in [3.8, 4) is 28.0 Å². The molecule has 32 heavy (non-hydrogen) atoms. The first-order chi connectivity index (χ1) is 15.7. The molecular formula is C29H34O3. The third kappa shape index (κ3) is 6.98. The van der Waals surface area contributed by atoms with Gasteiger partial charge in [0.15, 0.2) is 6.61 Å². The topological polar surface area (TPSA) is 46.5 Å². The van der Waals surface area contributed by atoms with Crippen LogP contribution in [0.1, 0.15) is 57.4 Å². The lowest BCUT2D eigenvalue weighted by Gasteiger charge is -2.18. The van der Waals surface area contributed by atoms with Crippen LogP contribution >= 0.6 is 0 Å². The number of carboxylic acids is 1. The molecule has 0 aromatic heterocycles. The van der Waals surface area contributed by atoms with Gasteiger partial charge in [-0.3, -0.25) is 0 Å². The molecule has 0 saturated heterocycles. The largest absolute Gasteiger partial charge is 0.481 e. The van der Waals surface area contributed by atoms with Crippen LogP contribution in [0, 0.1) is 0 Å². The summed E-state index contributed by atoms with van der Waals surface area (Å²) in [6.07, 6.45) is 9.96. The third-order valence-electron chi connectivity index (χ3n) is 5.73. The molecule has 0 aliphatic carbocycles. The minimum absolute atomic E-state index is 0.364. The molecule has 0 heterocycles. The number of aliphatic carboxylic acids is 1. The summed E-state index contributed by atoms with van der Waals surface area (Å²) in [4.78, 5) is 11.3. The van der Waals surface area contributed by atoms with Gasteiger partial charge in [-0.15, -0.1) is 0 Å². The Morgan fingerprint density at radius 2 is 1.25 bits per heavy atom. The van der Waals surface area contributed by atoms with Gasteiger partial charge in [0.05, 0.1) is 0 Å². The van der Waals surface area contributed by atoms with Gasteiger partial charge in [-0.2, -0.15) is 0 Å². The van der Waals surface area contributed by atoms with E-state index < -0.39 is 5.97 Å². The van der Waals surface area contributed by atoms with Crippen molar-refractivity contribution in [3.05, 3.63) is 78.4 Å². The predicted molar refractivity (Wildman–Crippen MR) is 132 cm³/mol. The summed E-state index contributed by atoms with van der Waals surface area (Å²) < 4.78 is 5.87. The van der Waals surface area contributed by atoms with Crippen molar-refractivity contribution in [2.75, 3.05) is 6.61 Å². The van der Waals surface area contributed by atoms with Crippen molar-refractivity contribution in [3.63, 3.8) is 0 Å². The summed E-state index contributed by atoms with van der Waals surface area (Å²) in [6.45, 7) is 1.88. The van der Waals surface area contributed by atoms with Gasteiger partial charge in [-0.1, -0.05) is 106 Å². The van der Waals surface area contributed by atoms with Crippen LogP contribution in [0.2, 0.25) is 0 Å². The van der Waals surface area contributed by atoms with Crippen molar-refractivity contribution >= 4 is 5.97 Å². The Morgan fingerprint density at radius 3 is 1.75 bits per heavy atom. The number of unbranched alkanes of at least 4 members (excludes halogenated alkanes) is 6. The molecule has 3 rings (SSSR count). The van der Waals surface area contributed by atoms with Gasteiger partial charge < -0.3 is 9.84 Å². The van der Waals surface area contributed by atoms with Gasteiger partial charge >= 0.3 is 5.97 Å². The summed E-state index contributed by atoms with van der Waals surface area (Å²) in [5, 5.41) is 9.25. The normalized spacial score (nSPS) is 10.8. The molecule has 3 nitrogen and oxygen atoms in total. The highest BCUT2D eigenvalue weighted by Crippen LogP contribution is 2.40. The highest BCUT2D eigenvalue weighted by molar-refractivity contribution is 5.84. The zero-order chi connectivity index (χ0) is 22.6. The second-order valence-electron chi connectivity index (χ2n) is 8.31. The third-order valence-corrected chi connectivity index (χ3v) is 5.73. The first-order valence-corrected chi connectivity index (χ1v) is 11.8. The van der Waals surface area contributed by atoms with Crippen LogP contribution in [0.25, 0.3) is 22.3 Å². The molecule has 3 aromatic carbocycles. The fourth-order valence-electron chi connectivity index (χ4n) is 4.07. The van der Waals surface area contributed by atoms with Crippen LogP contribution in [0.15, 0.2) is 72.8 Å². The second-order valence-corrected chi connectivity index (χ2v) is 8.31. The summed E-state index contributed by atoms with van der Waals surface area (Å²) in [5.41, 5.74) is 5.23. The van der Waals surface area contributed by atoms with E-state index in [9.17, 15) is 9.90 Å². The number of hydrogen-bond donors (Lipinski definition) is 1. The molecule has 168 valence electrons. The Bertz CT molecular complexity index is 904. The number of benzene rings is 3. The Labute approximate surface area is 192 Å². The molecule has 0 atom stereocenters. The van der Waals surface area contributed by atoms with Gasteiger partial charge in [0.2, 0.25) is 0 Å². The van der Waals surface area contributed by atoms with E-state index in [1.807, 2.05) is 36.4 Å². The van der Waals surface area contributed by atoms with Crippen LogP contribution < -0.4 is 4.74 Å². The molecule has 0 saturated carbocycles. The highest BCUT2D eigenvalue weighted by Gasteiger charge is 2.17. The average molecular weight is 431 g/mol. The number of aryl methyl sites for hydroxylation is 1. The Kier molecular flexibility index (Phi) is 9.37. The van der Waals surface area contributed by atoms with Gasteiger partial charge in [0, 0.05) is 11.1 Å². The maximum Gasteiger partial charge on any atom is 0.341 e. The van der Waals surface area contributed by atoms with E-state index in [2.05, 4.69) is 43.3 Å². The first kappa shape index (κ1) is 23.6. The number of carboxylic acid groups (broad SMARTS) is 1. The molecule has 0 spiro atoms.